The number of carbonyl (C=O) groups is 1. The molecule has 9 nitrogen and oxygen atoms in total. The van der Waals surface area contributed by atoms with Crippen LogP contribution in [-0.4, -0.2) is 95.4 Å². The molecule has 8 rings (SSSR count). The van der Waals surface area contributed by atoms with Crippen molar-refractivity contribution in [3.8, 4) is 5.75 Å². The first-order chi connectivity index (χ1) is 21.8. The molecule has 3 saturated heterocycles. The van der Waals surface area contributed by atoms with Gasteiger partial charge in [-0.15, -0.1) is 0 Å². The Kier molecular flexibility index (Phi) is 7.47. The molecule has 45 heavy (non-hydrogen) atoms. The fourth-order valence-corrected chi connectivity index (χ4v) is 10.3. The Morgan fingerprint density at radius 3 is 2.22 bits per heavy atom. The molecule has 2 N–H and O–H groups in total. The lowest BCUT2D eigenvalue weighted by molar-refractivity contribution is -0.158. The van der Waals surface area contributed by atoms with E-state index in [1.807, 2.05) is 12.1 Å². The number of hydrogen-bond donors (Lipinski definition) is 2. The van der Waals surface area contributed by atoms with Gasteiger partial charge in [0.15, 0.2) is 5.78 Å². The average Bonchev–Trinajstić information content (AvgIpc) is 3.83. The Balaban J connectivity index is 0.934. The van der Waals surface area contributed by atoms with E-state index in [0.717, 1.165) is 102 Å². The van der Waals surface area contributed by atoms with E-state index >= 15 is 0 Å². The molecule has 2 aromatic rings. The van der Waals surface area contributed by atoms with Gasteiger partial charge in [-0.3, -0.25) is 9.69 Å². The number of hydrogen-bond acceptors (Lipinski definition) is 9. The summed E-state index contributed by atoms with van der Waals surface area (Å²) in [6.07, 6.45) is 10.3. The molecular formula is C36H50N6O3. The number of anilines is 3. The molecule has 0 spiro atoms. The standard InChI is InChI=1S/C36H50N6O3/c1-35-12-10-28-27-9-7-26(43)22-25(27)6-8-29(28)30(35)11-13-36(35,45)31(44)24-39-18-20-41(21-19-39)33-23-32(40-14-2-3-15-40)37-34(38-33)42-16-4-5-17-42/h7,9,22-23,28-30,43,45H,2-6,8,10-21,24H2,1H3/t28-,29-,30+,35+,36+/m1/s1. The Bertz CT molecular complexity index is 1400. The van der Waals surface area contributed by atoms with Crippen molar-refractivity contribution in [1.29, 1.82) is 0 Å². The lowest BCUT2D eigenvalue weighted by Crippen LogP contribution is -2.58. The fraction of sp³-hybridized carbons (Fsp3) is 0.694. The molecule has 4 heterocycles. The second-order valence-electron chi connectivity index (χ2n) is 15.1. The van der Waals surface area contributed by atoms with E-state index in [4.69, 9.17) is 9.97 Å². The Morgan fingerprint density at radius 1 is 0.844 bits per heavy atom. The molecule has 5 atom stereocenters. The number of fused-ring (bicyclic) bond motifs is 5. The predicted molar refractivity (Wildman–Crippen MR) is 176 cm³/mol. The van der Waals surface area contributed by atoms with Crippen LogP contribution in [0.5, 0.6) is 5.75 Å². The van der Waals surface area contributed by atoms with E-state index in [2.05, 4.69) is 38.7 Å². The van der Waals surface area contributed by atoms with Crippen LogP contribution < -0.4 is 14.7 Å². The molecule has 1 aromatic carbocycles. The summed E-state index contributed by atoms with van der Waals surface area (Å²) in [4.78, 5) is 33.5. The molecule has 242 valence electrons. The number of piperazine rings is 1. The number of nitrogens with zero attached hydrogens (tertiary/aromatic N) is 6. The van der Waals surface area contributed by atoms with Crippen molar-refractivity contribution in [2.24, 2.45) is 17.3 Å². The molecule has 9 heteroatoms. The molecule has 3 aliphatic carbocycles. The highest BCUT2D eigenvalue weighted by molar-refractivity contribution is 5.90. The van der Waals surface area contributed by atoms with Crippen LogP contribution in [0.25, 0.3) is 0 Å². The van der Waals surface area contributed by atoms with E-state index in [1.165, 1.54) is 36.8 Å². The summed E-state index contributed by atoms with van der Waals surface area (Å²) in [5, 5.41) is 22.2. The van der Waals surface area contributed by atoms with Crippen LogP contribution >= 0.6 is 0 Å². The monoisotopic (exact) mass is 614 g/mol. The number of phenolic OH excluding ortho intramolecular Hbond substituents is 1. The number of aromatic hydroxyl groups is 1. The summed E-state index contributed by atoms with van der Waals surface area (Å²) in [5.74, 6) is 4.62. The molecule has 2 saturated carbocycles. The number of carbonyl (C=O) groups excluding carboxylic acids is 1. The van der Waals surface area contributed by atoms with Gasteiger partial charge < -0.3 is 24.9 Å². The van der Waals surface area contributed by atoms with Crippen molar-refractivity contribution >= 4 is 23.4 Å². The van der Waals surface area contributed by atoms with Gasteiger partial charge in [0.05, 0.1) is 6.54 Å². The number of rotatable bonds is 6. The molecule has 0 radical (unpaired) electrons. The summed E-state index contributed by atoms with van der Waals surface area (Å²) in [6.45, 7) is 9.94. The van der Waals surface area contributed by atoms with Crippen molar-refractivity contribution in [2.45, 2.75) is 82.7 Å². The number of aliphatic hydroxyl groups is 1. The molecule has 3 aliphatic heterocycles. The minimum absolute atomic E-state index is 0.0233. The molecule has 0 unspecified atom stereocenters. The van der Waals surface area contributed by atoms with Crippen LogP contribution in [0.4, 0.5) is 17.6 Å². The number of benzene rings is 1. The van der Waals surface area contributed by atoms with Gasteiger partial charge in [-0.2, -0.15) is 9.97 Å². The van der Waals surface area contributed by atoms with Crippen LogP contribution in [0.3, 0.4) is 0 Å². The molecule has 1 aromatic heterocycles. The second kappa shape index (κ2) is 11.4. The summed E-state index contributed by atoms with van der Waals surface area (Å²) in [5.41, 5.74) is 1.04. The maximum Gasteiger partial charge on any atom is 0.229 e. The van der Waals surface area contributed by atoms with E-state index in [-0.39, 0.29) is 11.2 Å². The molecular weight excluding hydrogens is 564 g/mol. The SMILES string of the molecule is C[C@]12CC[C@@H]3c4ccc(O)cc4CC[C@H]3[C@@H]1CC[C@]2(O)C(=O)CN1CCN(c2cc(N3CCCC3)nc(N3CCCC3)n2)CC1. The van der Waals surface area contributed by atoms with Crippen molar-refractivity contribution in [2.75, 3.05) is 73.6 Å². The van der Waals surface area contributed by atoms with Crippen LogP contribution in [0.1, 0.15) is 81.8 Å². The summed E-state index contributed by atoms with van der Waals surface area (Å²) < 4.78 is 0. The lowest BCUT2D eigenvalue weighted by atomic mass is 9.53. The Morgan fingerprint density at radius 2 is 1.51 bits per heavy atom. The molecule has 6 aliphatic rings. The second-order valence-corrected chi connectivity index (χ2v) is 15.1. The lowest BCUT2D eigenvalue weighted by Gasteiger charge is -2.53. The maximum atomic E-state index is 14.1. The van der Waals surface area contributed by atoms with E-state index in [0.29, 0.717) is 36.5 Å². The Hall–Kier alpha value is -2.91. The van der Waals surface area contributed by atoms with Gasteiger partial charge in [-0.05, 0) is 105 Å². The third-order valence-electron chi connectivity index (χ3n) is 12.9. The fourth-order valence-electron chi connectivity index (χ4n) is 10.3. The Labute approximate surface area is 267 Å². The summed E-state index contributed by atoms with van der Waals surface area (Å²) in [7, 11) is 0. The van der Waals surface area contributed by atoms with Gasteiger partial charge in [0.1, 0.15) is 23.0 Å². The maximum absolute atomic E-state index is 14.1. The van der Waals surface area contributed by atoms with Crippen LogP contribution in [0.2, 0.25) is 0 Å². The van der Waals surface area contributed by atoms with Gasteiger partial charge in [0.25, 0.3) is 0 Å². The van der Waals surface area contributed by atoms with E-state index in [1.54, 1.807) is 0 Å². The van der Waals surface area contributed by atoms with Crippen molar-refractivity contribution < 1.29 is 15.0 Å². The average molecular weight is 615 g/mol. The van der Waals surface area contributed by atoms with Crippen molar-refractivity contribution in [3.63, 3.8) is 0 Å². The number of aromatic nitrogens is 2. The number of ketones is 1. The number of Topliss-reactive ketones (excluding diaryl/α,β-unsaturated/α-hetero) is 1. The summed E-state index contributed by atoms with van der Waals surface area (Å²) in [6, 6.07) is 8.07. The van der Waals surface area contributed by atoms with Crippen molar-refractivity contribution in [3.05, 3.63) is 35.4 Å². The topological polar surface area (TPSA) is 96.3 Å². The minimum Gasteiger partial charge on any atom is -0.508 e. The first-order valence-electron chi connectivity index (χ1n) is 17.8. The van der Waals surface area contributed by atoms with Crippen LogP contribution in [0.15, 0.2) is 24.3 Å². The normalized spacial score (nSPS) is 33.3. The molecule has 5 fully saturated rings. The third kappa shape index (κ3) is 5.00. The largest absolute Gasteiger partial charge is 0.508 e. The van der Waals surface area contributed by atoms with Gasteiger partial charge in [0.2, 0.25) is 5.95 Å². The highest BCUT2D eigenvalue weighted by Gasteiger charge is 2.64. The number of aryl methyl sites for hydroxylation is 1. The highest BCUT2D eigenvalue weighted by Crippen LogP contribution is 2.64. The van der Waals surface area contributed by atoms with E-state index in [9.17, 15) is 15.0 Å². The van der Waals surface area contributed by atoms with Gasteiger partial charge in [-0.1, -0.05) is 13.0 Å². The predicted octanol–water partition coefficient (Wildman–Crippen LogP) is 4.36. The van der Waals surface area contributed by atoms with Gasteiger partial charge in [0, 0.05) is 63.8 Å². The van der Waals surface area contributed by atoms with Crippen LogP contribution in [0, 0.1) is 17.3 Å². The highest BCUT2D eigenvalue weighted by atomic mass is 16.3. The first-order valence-corrected chi connectivity index (χ1v) is 17.8. The first kappa shape index (κ1) is 29.5. The zero-order valence-corrected chi connectivity index (χ0v) is 27.0. The zero-order valence-electron chi connectivity index (χ0n) is 27.0. The minimum atomic E-state index is -1.25. The van der Waals surface area contributed by atoms with Gasteiger partial charge in [-0.25, -0.2) is 0 Å². The quantitative estimate of drug-likeness (QED) is 0.492. The van der Waals surface area contributed by atoms with Crippen molar-refractivity contribution in [1.82, 2.24) is 14.9 Å². The smallest absolute Gasteiger partial charge is 0.229 e. The summed E-state index contributed by atoms with van der Waals surface area (Å²) >= 11 is 0. The molecule has 0 bridgehead atoms. The van der Waals surface area contributed by atoms with Crippen LogP contribution in [-0.2, 0) is 11.2 Å². The number of phenols is 1. The third-order valence-corrected chi connectivity index (χ3v) is 12.9. The molecule has 0 amide bonds. The zero-order chi connectivity index (χ0) is 30.8. The van der Waals surface area contributed by atoms with Gasteiger partial charge >= 0.3 is 0 Å². The van der Waals surface area contributed by atoms with E-state index < -0.39 is 5.60 Å².